The van der Waals surface area contributed by atoms with Crippen molar-refractivity contribution in [1.82, 2.24) is 10.2 Å². The van der Waals surface area contributed by atoms with Crippen LogP contribution in [0.5, 0.6) is 0 Å². The van der Waals surface area contributed by atoms with Gasteiger partial charge in [0.1, 0.15) is 0 Å². The molecule has 5 heteroatoms. The third-order valence-electron chi connectivity index (χ3n) is 3.41. The molecule has 0 radical (unpaired) electrons. The Hall–Kier alpha value is -2.04. The summed E-state index contributed by atoms with van der Waals surface area (Å²) in [7, 11) is 0. The minimum atomic E-state index is -0.0397. The third-order valence-corrected chi connectivity index (χ3v) is 3.41. The Labute approximate surface area is 139 Å². The van der Waals surface area contributed by atoms with Crippen LogP contribution in [0.15, 0.2) is 24.3 Å². The summed E-state index contributed by atoms with van der Waals surface area (Å²) in [5, 5.41) is 5.88. The Bertz CT molecular complexity index is 497. The highest BCUT2D eigenvalue weighted by Gasteiger charge is 2.14. The van der Waals surface area contributed by atoms with Crippen molar-refractivity contribution in [2.75, 3.05) is 31.5 Å². The molecule has 0 unspecified atom stereocenters. The van der Waals surface area contributed by atoms with Gasteiger partial charge >= 0.3 is 0 Å². The molecule has 1 aromatic carbocycles. The van der Waals surface area contributed by atoms with E-state index >= 15 is 0 Å². The molecule has 0 spiro atoms. The molecule has 0 heterocycles. The molecule has 2 N–H and O–H groups in total. The first-order valence-corrected chi connectivity index (χ1v) is 8.52. The highest BCUT2D eigenvalue weighted by Crippen LogP contribution is 2.13. The maximum absolute atomic E-state index is 12.6. The van der Waals surface area contributed by atoms with Crippen LogP contribution in [0.25, 0.3) is 0 Å². The zero-order valence-electron chi connectivity index (χ0n) is 14.5. The molecule has 1 aromatic rings. The minimum absolute atomic E-state index is 0.0397. The van der Waals surface area contributed by atoms with Crippen LogP contribution in [0.1, 0.15) is 50.4 Å². The van der Waals surface area contributed by atoms with Crippen LogP contribution in [0.3, 0.4) is 0 Å². The molecule has 23 heavy (non-hydrogen) atoms. The van der Waals surface area contributed by atoms with Gasteiger partial charge in [-0.3, -0.25) is 9.59 Å². The number of nitrogens with zero attached hydrogens (tertiary/aromatic N) is 1. The van der Waals surface area contributed by atoms with Crippen LogP contribution < -0.4 is 10.6 Å². The third kappa shape index (κ3) is 6.72. The maximum atomic E-state index is 12.6. The fourth-order valence-electron chi connectivity index (χ4n) is 2.31. The van der Waals surface area contributed by atoms with Crippen molar-refractivity contribution in [3.8, 4) is 0 Å². The maximum Gasteiger partial charge on any atom is 0.253 e. The molecular formula is C18H29N3O2. The molecule has 0 saturated carbocycles. The predicted molar refractivity (Wildman–Crippen MR) is 94.7 cm³/mol. The van der Waals surface area contributed by atoms with Crippen LogP contribution in [0, 0.1) is 0 Å². The number of hydrogen-bond acceptors (Lipinski definition) is 3. The van der Waals surface area contributed by atoms with Crippen LogP contribution in [-0.4, -0.2) is 42.9 Å². The van der Waals surface area contributed by atoms with Crippen molar-refractivity contribution in [1.29, 1.82) is 0 Å². The lowest BCUT2D eigenvalue weighted by molar-refractivity contribution is -0.119. The molecule has 2 amide bonds. The molecule has 0 aliphatic carbocycles. The van der Waals surface area contributed by atoms with E-state index in [-0.39, 0.29) is 18.4 Å². The van der Waals surface area contributed by atoms with E-state index in [2.05, 4.69) is 24.5 Å². The summed E-state index contributed by atoms with van der Waals surface area (Å²) in [4.78, 5) is 26.1. The highest BCUT2D eigenvalue weighted by molar-refractivity contribution is 5.95. The Morgan fingerprint density at radius 2 is 1.74 bits per heavy atom. The Kier molecular flexibility index (Phi) is 8.80. The second-order valence-corrected chi connectivity index (χ2v) is 5.58. The molecule has 0 fully saturated rings. The minimum Gasteiger partial charge on any atom is -0.376 e. The molecule has 0 aliphatic rings. The van der Waals surface area contributed by atoms with E-state index in [1.54, 1.807) is 0 Å². The summed E-state index contributed by atoms with van der Waals surface area (Å²) in [6.45, 7) is 8.59. The number of nitrogens with one attached hydrogen (secondary N) is 2. The molecule has 0 aromatic heterocycles. The summed E-state index contributed by atoms with van der Waals surface area (Å²) >= 11 is 0. The predicted octanol–water partition coefficient (Wildman–Crippen LogP) is 2.89. The van der Waals surface area contributed by atoms with Gasteiger partial charge in [0.15, 0.2) is 0 Å². The fraction of sp³-hybridized carbons (Fsp3) is 0.556. The molecular weight excluding hydrogens is 290 g/mol. The quantitative estimate of drug-likeness (QED) is 0.697. The molecule has 0 saturated heterocycles. The van der Waals surface area contributed by atoms with E-state index in [1.807, 2.05) is 36.1 Å². The average Bonchev–Trinajstić information content (AvgIpc) is 2.57. The van der Waals surface area contributed by atoms with Crippen molar-refractivity contribution in [3.05, 3.63) is 29.8 Å². The SMILES string of the molecule is CCCNC(=O)CNc1cccc(C(=O)N(CCC)CCC)c1. The number of hydrogen-bond donors (Lipinski definition) is 2. The van der Waals surface area contributed by atoms with Gasteiger partial charge in [0.25, 0.3) is 5.91 Å². The van der Waals surface area contributed by atoms with Gasteiger partial charge in [0, 0.05) is 30.9 Å². The summed E-state index contributed by atoms with van der Waals surface area (Å²) in [5.74, 6) is 0.00922. The number of rotatable bonds is 10. The Balaban J connectivity index is 2.67. The summed E-state index contributed by atoms with van der Waals surface area (Å²) < 4.78 is 0. The first-order chi connectivity index (χ1) is 11.1. The molecule has 0 bridgehead atoms. The number of benzene rings is 1. The van der Waals surface area contributed by atoms with E-state index in [4.69, 9.17) is 0 Å². The smallest absolute Gasteiger partial charge is 0.253 e. The van der Waals surface area contributed by atoms with Crippen LogP contribution >= 0.6 is 0 Å². The van der Waals surface area contributed by atoms with Crippen molar-refractivity contribution in [2.24, 2.45) is 0 Å². The van der Waals surface area contributed by atoms with Gasteiger partial charge in [0.2, 0.25) is 5.91 Å². The van der Waals surface area contributed by atoms with Crippen molar-refractivity contribution in [3.63, 3.8) is 0 Å². The van der Waals surface area contributed by atoms with Crippen molar-refractivity contribution >= 4 is 17.5 Å². The fourth-order valence-corrected chi connectivity index (χ4v) is 2.31. The zero-order valence-corrected chi connectivity index (χ0v) is 14.5. The molecule has 0 aliphatic heterocycles. The van der Waals surface area contributed by atoms with E-state index < -0.39 is 0 Å². The molecule has 5 nitrogen and oxygen atoms in total. The molecule has 128 valence electrons. The Morgan fingerprint density at radius 1 is 1.04 bits per heavy atom. The van der Waals surface area contributed by atoms with Gasteiger partial charge in [-0.25, -0.2) is 0 Å². The van der Waals surface area contributed by atoms with Crippen molar-refractivity contribution in [2.45, 2.75) is 40.0 Å². The first-order valence-electron chi connectivity index (χ1n) is 8.52. The first kappa shape index (κ1) is 19.0. The van der Waals surface area contributed by atoms with Gasteiger partial charge in [-0.1, -0.05) is 26.8 Å². The van der Waals surface area contributed by atoms with Crippen LogP contribution in [-0.2, 0) is 4.79 Å². The summed E-state index contributed by atoms with van der Waals surface area (Å²) in [6, 6.07) is 7.35. The monoisotopic (exact) mass is 319 g/mol. The number of carbonyl (C=O) groups excluding carboxylic acids is 2. The van der Waals surface area contributed by atoms with Gasteiger partial charge in [-0.05, 0) is 37.5 Å². The summed E-state index contributed by atoms with van der Waals surface area (Å²) in [5.41, 5.74) is 1.45. The lowest BCUT2D eigenvalue weighted by atomic mass is 10.1. The number of amides is 2. The normalized spacial score (nSPS) is 10.2. The standard InChI is InChI=1S/C18H29N3O2/c1-4-10-19-17(22)14-20-16-9-7-8-15(13-16)18(23)21(11-5-2)12-6-3/h7-9,13,20H,4-6,10-12,14H2,1-3H3,(H,19,22). The Morgan fingerprint density at radius 3 is 2.35 bits per heavy atom. The molecule has 0 atom stereocenters. The second-order valence-electron chi connectivity index (χ2n) is 5.58. The van der Waals surface area contributed by atoms with E-state index in [0.29, 0.717) is 12.1 Å². The van der Waals surface area contributed by atoms with E-state index in [1.165, 1.54) is 0 Å². The lowest BCUT2D eigenvalue weighted by Gasteiger charge is -2.21. The zero-order chi connectivity index (χ0) is 17.1. The van der Waals surface area contributed by atoms with Gasteiger partial charge < -0.3 is 15.5 Å². The molecule has 1 rings (SSSR count). The van der Waals surface area contributed by atoms with Gasteiger partial charge in [0.05, 0.1) is 6.54 Å². The van der Waals surface area contributed by atoms with Gasteiger partial charge in [-0.15, -0.1) is 0 Å². The van der Waals surface area contributed by atoms with Crippen LogP contribution in [0.2, 0.25) is 0 Å². The van der Waals surface area contributed by atoms with Crippen LogP contribution in [0.4, 0.5) is 5.69 Å². The van der Waals surface area contributed by atoms with Crippen molar-refractivity contribution < 1.29 is 9.59 Å². The largest absolute Gasteiger partial charge is 0.376 e. The lowest BCUT2D eigenvalue weighted by Crippen LogP contribution is -2.32. The van der Waals surface area contributed by atoms with Gasteiger partial charge in [-0.2, -0.15) is 0 Å². The van der Waals surface area contributed by atoms with E-state index in [9.17, 15) is 9.59 Å². The average molecular weight is 319 g/mol. The number of anilines is 1. The highest BCUT2D eigenvalue weighted by atomic mass is 16.2. The van der Waals surface area contributed by atoms with E-state index in [0.717, 1.165) is 38.0 Å². The topological polar surface area (TPSA) is 61.4 Å². The number of carbonyl (C=O) groups is 2. The summed E-state index contributed by atoms with van der Waals surface area (Å²) in [6.07, 6.45) is 2.81. The second kappa shape index (κ2) is 10.6.